The third-order valence-electron chi connectivity index (χ3n) is 5.75. The first-order valence-corrected chi connectivity index (χ1v) is 10.6. The summed E-state index contributed by atoms with van der Waals surface area (Å²) >= 11 is 0. The van der Waals surface area contributed by atoms with E-state index in [1.54, 1.807) is 29.2 Å². The van der Waals surface area contributed by atoms with Gasteiger partial charge in [-0.05, 0) is 38.5 Å². The van der Waals surface area contributed by atoms with Crippen molar-refractivity contribution < 1.29 is 14.7 Å². The van der Waals surface area contributed by atoms with Gasteiger partial charge in [-0.2, -0.15) is 0 Å². The van der Waals surface area contributed by atoms with Crippen LogP contribution in [-0.2, 0) is 9.59 Å². The molecule has 5 nitrogen and oxygen atoms in total. The van der Waals surface area contributed by atoms with E-state index < -0.39 is 17.7 Å². The lowest BCUT2D eigenvalue weighted by atomic mass is 9.94. The highest BCUT2D eigenvalue weighted by molar-refractivity contribution is 6.46. The van der Waals surface area contributed by atoms with Gasteiger partial charge in [0.15, 0.2) is 0 Å². The van der Waals surface area contributed by atoms with Crippen molar-refractivity contribution in [2.24, 2.45) is 0 Å². The maximum atomic E-state index is 13.0. The molecule has 2 aromatic rings. The van der Waals surface area contributed by atoms with Crippen molar-refractivity contribution in [3.8, 4) is 0 Å². The minimum absolute atomic E-state index is 0.120. The molecule has 1 N–H and O–H groups in total. The van der Waals surface area contributed by atoms with Gasteiger partial charge in [-0.25, -0.2) is 0 Å². The van der Waals surface area contributed by atoms with Crippen LogP contribution >= 0.6 is 0 Å². The molecule has 30 heavy (non-hydrogen) atoms. The number of hydrogen-bond donors (Lipinski definition) is 1. The van der Waals surface area contributed by atoms with Crippen molar-refractivity contribution in [3.05, 3.63) is 76.9 Å². The number of Topliss-reactive ketones (excluding diaryl/α,β-unsaturated/α-hetero) is 1. The van der Waals surface area contributed by atoms with Gasteiger partial charge in [0.25, 0.3) is 11.7 Å². The van der Waals surface area contributed by atoms with Crippen LogP contribution in [0.2, 0.25) is 0 Å². The van der Waals surface area contributed by atoms with Gasteiger partial charge in [-0.1, -0.05) is 74.0 Å². The first-order valence-electron chi connectivity index (χ1n) is 10.6. The summed E-state index contributed by atoms with van der Waals surface area (Å²) < 4.78 is 0. The third kappa shape index (κ3) is 4.46. The first kappa shape index (κ1) is 21.8. The number of likely N-dealkylation sites (tertiary alicyclic amines) is 1. The molecule has 0 radical (unpaired) electrons. The monoisotopic (exact) mass is 406 g/mol. The fourth-order valence-electron chi connectivity index (χ4n) is 3.96. The molecule has 1 saturated heterocycles. The summed E-state index contributed by atoms with van der Waals surface area (Å²) in [5, 5.41) is 11.0. The average Bonchev–Trinajstić information content (AvgIpc) is 3.02. The zero-order valence-electron chi connectivity index (χ0n) is 18.0. The zero-order chi connectivity index (χ0) is 21.7. The molecular formula is C25H30N2O3. The Morgan fingerprint density at radius 3 is 2.23 bits per heavy atom. The molecule has 1 aliphatic rings. The lowest BCUT2D eigenvalue weighted by Crippen LogP contribution is -2.33. The predicted octanol–water partition coefficient (Wildman–Crippen LogP) is 4.15. The van der Waals surface area contributed by atoms with E-state index in [-0.39, 0.29) is 11.3 Å². The number of aliphatic hydroxyl groups is 1. The molecule has 0 bridgehead atoms. The second-order valence-corrected chi connectivity index (χ2v) is 7.65. The second kappa shape index (κ2) is 9.72. The van der Waals surface area contributed by atoms with Gasteiger partial charge in [0, 0.05) is 12.1 Å². The van der Waals surface area contributed by atoms with E-state index in [1.165, 1.54) is 0 Å². The van der Waals surface area contributed by atoms with Crippen LogP contribution in [-0.4, -0.2) is 52.8 Å². The fraction of sp³-hybridized carbons (Fsp3) is 0.360. The van der Waals surface area contributed by atoms with Crippen LogP contribution < -0.4 is 0 Å². The lowest BCUT2D eigenvalue weighted by Gasteiger charge is -2.27. The summed E-state index contributed by atoms with van der Waals surface area (Å²) in [4.78, 5) is 29.8. The molecule has 0 unspecified atom stereocenters. The number of rotatable bonds is 8. The molecule has 0 aliphatic carbocycles. The molecular weight excluding hydrogens is 376 g/mol. The SMILES string of the molecule is CCN(CC)CCCN1C(=O)C(=O)/C(=C(/O)c2ccccc2)[C@@H]1c1ccc(C)cc1. The van der Waals surface area contributed by atoms with Crippen LogP contribution in [0.1, 0.15) is 43.0 Å². The highest BCUT2D eigenvalue weighted by Crippen LogP contribution is 2.39. The third-order valence-corrected chi connectivity index (χ3v) is 5.75. The Bertz CT molecular complexity index is 915. The van der Waals surface area contributed by atoms with Crippen LogP contribution in [0.3, 0.4) is 0 Å². The van der Waals surface area contributed by atoms with Gasteiger partial charge < -0.3 is 14.9 Å². The Kier molecular flexibility index (Phi) is 7.06. The van der Waals surface area contributed by atoms with Gasteiger partial charge in [0.1, 0.15) is 5.76 Å². The number of ketones is 1. The second-order valence-electron chi connectivity index (χ2n) is 7.65. The molecule has 0 saturated carbocycles. The minimum atomic E-state index is -0.621. The molecule has 0 spiro atoms. The van der Waals surface area contributed by atoms with Crippen LogP contribution in [0.4, 0.5) is 0 Å². The average molecular weight is 407 g/mol. The number of hydrogen-bond acceptors (Lipinski definition) is 4. The topological polar surface area (TPSA) is 60.9 Å². The predicted molar refractivity (Wildman–Crippen MR) is 119 cm³/mol. The lowest BCUT2D eigenvalue weighted by molar-refractivity contribution is -0.140. The quantitative estimate of drug-likeness (QED) is 0.406. The molecule has 1 amide bonds. The summed E-state index contributed by atoms with van der Waals surface area (Å²) in [6, 6.07) is 16.2. The summed E-state index contributed by atoms with van der Waals surface area (Å²) in [6.45, 7) is 9.44. The van der Waals surface area contributed by atoms with Crippen molar-refractivity contribution >= 4 is 17.4 Å². The van der Waals surface area contributed by atoms with E-state index in [0.29, 0.717) is 12.1 Å². The van der Waals surface area contributed by atoms with Crippen LogP contribution in [0.15, 0.2) is 60.2 Å². The van der Waals surface area contributed by atoms with Crippen LogP contribution in [0.25, 0.3) is 5.76 Å². The van der Waals surface area contributed by atoms with E-state index in [1.807, 2.05) is 37.3 Å². The fourth-order valence-corrected chi connectivity index (χ4v) is 3.96. The Balaban J connectivity index is 2.00. The maximum Gasteiger partial charge on any atom is 0.295 e. The molecule has 1 heterocycles. The van der Waals surface area contributed by atoms with Crippen molar-refractivity contribution in [2.75, 3.05) is 26.2 Å². The smallest absolute Gasteiger partial charge is 0.295 e. The van der Waals surface area contributed by atoms with Gasteiger partial charge >= 0.3 is 0 Å². The van der Waals surface area contributed by atoms with Gasteiger partial charge in [0.2, 0.25) is 0 Å². The Morgan fingerprint density at radius 2 is 1.63 bits per heavy atom. The summed E-state index contributed by atoms with van der Waals surface area (Å²) in [7, 11) is 0. The molecule has 5 heteroatoms. The first-order chi connectivity index (χ1) is 14.5. The van der Waals surface area contributed by atoms with Gasteiger partial charge in [-0.3, -0.25) is 9.59 Å². The van der Waals surface area contributed by atoms with Gasteiger partial charge in [0.05, 0.1) is 11.6 Å². The van der Waals surface area contributed by atoms with E-state index in [9.17, 15) is 14.7 Å². The van der Waals surface area contributed by atoms with Crippen LogP contribution in [0, 0.1) is 6.92 Å². The standard InChI is InChI=1S/C25H30N2O3/c1-4-26(5-2)16-9-17-27-22(19-14-12-18(3)13-15-19)21(24(29)25(27)30)23(28)20-10-7-6-8-11-20/h6-8,10-15,22,28H,4-5,9,16-17H2,1-3H3/b23-21+/t22-/m0/s1. The number of amides is 1. The van der Waals surface area contributed by atoms with Crippen molar-refractivity contribution in [1.82, 2.24) is 9.80 Å². The van der Waals surface area contributed by atoms with Crippen LogP contribution in [0.5, 0.6) is 0 Å². The summed E-state index contributed by atoms with van der Waals surface area (Å²) in [6.07, 6.45) is 0.766. The Labute approximate surface area is 178 Å². The van der Waals surface area contributed by atoms with Crippen molar-refractivity contribution in [3.63, 3.8) is 0 Å². The Morgan fingerprint density at radius 1 is 1.00 bits per heavy atom. The molecule has 1 atom stereocenters. The van der Waals surface area contributed by atoms with Gasteiger partial charge in [-0.15, -0.1) is 0 Å². The minimum Gasteiger partial charge on any atom is -0.507 e. The zero-order valence-corrected chi connectivity index (χ0v) is 18.0. The maximum absolute atomic E-state index is 13.0. The Hall–Kier alpha value is -2.92. The van der Waals surface area contributed by atoms with E-state index >= 15 is 0 Å². The molecule has 158 valence electrons. The molecule has 2 aromatic carbocycles. The molecule has 1 aliphatic heterocycles. The van der Waals surface area contributed by atoms with E-state index in [4.69, 9.17) is 0 Å². The summed E-state index contributed by atoms with van der Waals surface area (Å²) in [5.74, 6) is -1.28. The number of benzene rings is 2. The van der Waals surface area contributed by atoms with Crippen molar-refractivity contribution in [1.29, 1.82) is 0 Å². The molecule has 3 rings (SSSR count). The number of carbonyl (C=O) groups excluding carboxylic acids is 2. The van der Waals surface area contributed by atoms with E-state index in [2.05, 4.69) is 18.7 Å². The van der Waals surface area contributed by atoms with Crippen molar-refractivity contribution in [2.45, 2.75) is 33.2 Å². The highest BCUT2D eigenvalue weighted by Gasteiger charge is 2.45. The number of aryl methyl sites for hydroxylation is 1. The molecule has 0 aromatic heterocycles. The molecule has 1 fully saturated rings. The largest absolute Gasteiger partial charge is 0.507 e. The highest BCUT2D eigenvalue weighted by atomic mass is 16.3. The van der Waals surface area contributed by atoms with E-state index in [0.717, 1.165) is 37.2 Å². The summed E-state index contributed by atoms with van der Waals surface area (Å²) in [5.41, 5.74) is 2.63. The number of carbonyl (C=O) groups is 2. The number of aliphatic hydroxyl groups excluding tert-OH is 1. The normalized spacial score (nSPS) is 18.4. The number of nitrogens with zero attached hydrogens (tertiary/aromatic N) is 2.